The summed E-state index contributed by atoms with van der Waals surface area (Å²) in [6.07, 6.45) is 2.51. The van der Waals surface area contributed by atoms with Crippen LogP contribution in [-0.2, 0) is 0 Å². The average Bonchev–Trinajstić information content (AvgIpc) is 2.32. The number of pyridine rings is 2. The van der Waals surface area contributed by atoms with Crippen molar-refractivity contribution in [3.63, 3.8) is 0 Å². The molecular weight excluding hydrogens is 243 g/mol. The molecule has 0 aliphatic carbocycles. The maximum absolute atomic E-state index is 12.6. The van der Waals surface area contributed by atoms with E-state index in [1.54, 1.807) is 0 Å². The second-order valence-corrected chi connectivity index (χ2v) is 4.15. The van der Waals surface area contributed by atoms with Crippen LogP contribution in [0.5, 0.6) is 0 Å². The van der Waals surface area contributed by atoms with Gasteiger partial charge in [-0.2, -0.15) is 0 Å². The van der Waals surface area contributed by atoms with Gasteiger partial charge in [-0.05, 0) is 24.3 Å². The summed E-state index contributed by atoms with van der Waals surface area (Å²) in [4.78, 5) is 18.6. The molecule has 0 aliphatic rings. The summed E-state index contributed by atoms with van der Waals surface area (Å²) in [6, 6.07) is 5.65. The average molecular weight is 250 g/mol. The van der Waals surface area contributed by atoms with Gasteiger partial charge in [0.2, 0.25) is 0 Å². The predicted molar refractivity (Wildman–Crippen MR) is 59.5 cm³/mol. The van der Waals surface area contributed by atoms with Crippen molar-refractivity contribution in [2.24, 2.45) is 0 Å². The lowest BCUT2D eigenvalue weighted by Crippen LogP contribution is -1.96. The summed E-state index contributed by atoms with van der Waals surface area (Å²) in [6.45, 7) is 0. The van der Waals surface area contributed by atoms with Crippen molar-refractivity contribution in [3.8, 4) is 0 Å². The van der Waals surface area contributed by atoms with E-state index < -0.39 is 11.8 Å². The lowest BCUT2D eigenvalue weighted by Gasteiger charge is -2.00. The minimum Gasteiger partial charge on any atom is -0.478 e. The minimum absolute atomic E-state index is 0.157. The highest BCUT2D eigenvalue weighted by molar-refractivity contribution is 7.99. The van der Waals surface area contributed by atoms with E-state index in [0.717, 1.165) is 6.20 Å². The van der Waals surface area contributed by atoms with Gasteiger partial charge in [-0.25, -0.2) is 19.2 Å². The van der Waals surface area contributed by atoms with Crippen LogP contribution in [0.2, 0.25) is 0 Å². The predicted octanol–water partition coefficient (Wildman–Crippen LogP) is 2.47. The van der Waals surface area contributed by atoms with E-state index in [1.807, 2.05) is 0 Å². The first-order valence-corrected chi connectivity index (χ1v) is 5.45. The first-order chi connectivity index (χ1) is 8.15. The van der Waals surface area contributed by atoms with Crippen LogP contribution in [0.25, 0.3) is 0 Å². The lowest BCUT2D eigenvalue weighted by atomic mass is 10.3. The molecule has 17 heavy (non-hydrogen) atoms. The van der Waals surface area contributed by atoms with Crippen LogP contribution in [-0.4, -0.2) is 21.0 Å². The molecule has 2 aromatic rings. The second kappa shape index (κ2) is 4.92. The van der Waals surface area contributed by atoms with Gasteiger partial charge in [0.15, 0.2) is 0 Å². The van der Waals surface area contributed by atoms with Gasteiger partial charge in [-0.1, -0.05) is 11.8 Å². The summed E-state index contributed by atoms with van der Waals surface area (Å²) >= 11 is 1.18. The SMILES string of the molecule is O=C(O)c1ccnc(Sc2ccc(F)cn2)c1. The third-order valence-corrected chi connectivity index (χ3v) is 2.77. The topological polar surface area (TPSA) is 63.1 Å². The number of hydrogen-bond acceptors (Lipinski definition) is 4. The van der Waals surface area contributed by atoms with Crippen molar-refractivity contribution >= 4 is 17.7 Å². The number of carboxylic acid groups (broad SMARTS) is 1. The van der Waals surface area contributed by atoms with Crippen LogP contribution in [0, 0.1) is 5.82 Å². The van der Waals surface area contributed by atoms with Crippen molar-refractivity contribution < 1.29 is 14.3 Å². The maximum atomic E-state index is 12.6. The lowest BCUT2D eigenvalue weighted by molar-refractivity contribution is 0.0696. The van der Waals surface area contributed by atoms with Crippen molar-refractivity contribution in [2.75, 3.05) is 0 Å². The molecule has 1 N–H and O–H groups in total. The van der Waals surface area contributed by atoms with E-state index in [2.05, 4.69) is 9.97 Å². The Kier molecular flexibility index (Phi) is 3.34. The number of carbonyl (C=O) groups is 1. The van der Waals surface area contributed by atoms with Gasteiger partial charge in [-0.15, -0.1) is 0 Å². The highest BCUT2D eigenvalue weighted by Gasteiger charge is 2.06. The van der Waals surface area contributed by atoms with Crippen molar-refractivity contribution in [1.29, 1.82) is 0 Å². The summed E-state index contributed by atoms with van der Waals surface area (Å²) in [5, 5.41) is 9.87. The maximum Gasteiger partial charge on any atom is 0.335 e. The number of rotatable bonds is 3. The first kappa shape index (κ1) is 11.5. The van der Waals surface area contributed by atoms with Gasteiger partial charge in [0.25, 0.3) is 0 Å². The molecule has 86 valence electrons. The van der Waals surface area contributed by atoms with Gasteiger partial charge < -0.3 is 5.11 Å². The zero-order valence-electron chi connectivity index (χ0n) is 8.50. The Hall–Kier alpha value is -1.95. The second-order valence-electron chi connectivity index (χ2n) is 3.10. The summed E-state index contributed by atoms with van der Waals surface area (Å²) in [5.74, 6) is -1.43. The molecule has 2 aromatic heterocycles. The number of aromatic nitrogens is 2. The third kappa shape index (κ3) is 3.01. The molecule has 0 saturated heterocycles. The molecule has 2 rings (SSSR count). The largest absolute Gasteiger partial charge is 0.478 e. The molecule has 0 atom stereocenters. The molecule has 2 heterocycles. The molecule has 0 bridgehead atoms. The van der Waals surface area contributed by atoms with Crippen molar-refractivity contribution in [2.45, 2.75) is 10.1 Å². The van der Waals surface area contributed by atoms with E-state index in [4.69, 9.17) is 5.11 Å². The summed E-state index contributed by atoms with van der Waals surface area (Å²) in [7, 11) is 0. The molecule has 0 fully saturated rings. The van der Waals surface area contributed by atoms with Gasteiger partial charge in [-0.3, -0.25) is 0 Å². The Morgan fingerprint density at radius 3 is 2.71 bits per heavy atom. The molecule has 4 nitrogen and oxygen atoms in total. The summed E-state index contributed by atoms with van der Waals surface area (Å²) in [5.41, 5.74) is 0.157. The Morgan fingerprint density at radius 1 is 1.24 bits per heavy atom. The molecule has 0 radical (unpaired) electrons. The van der Waals surface area contributed by atoms with Gasteiger partial charge >= 0.3 is 5.97 Å². The fraction of sp³-hybridized carbons (Fsp3) is 0. The molecule has 0 aliphatic heterocycles. The van der Waals surface area contributed by atoms with Crippen molar-refractivity contribution in [1.82, 2.24) is 9.97 Å². The number of hydrogen-bond donors (Lipinski definition) is 1. The van der Waals surface area contributed by atoms with E-state index in [0.29, 0.717) is 10.1 Å². The van der Waals surface area contributed by atoms with Gasteiger partial charge in [0.05, 0.1) is 11.8 Å². The van der Waals surface area contributed by atoms with Gasteiger partial charge in [0, 0.05) is 6.20 Å². The third-order valence-electron chi connectivity index (χ3n) is 1.89. The highest BCUT2D eigenvalue weighted by Crippen LogP contribution is 2.24. The highest BCUT2D eigenvalue weighted by atomic mass is 32.2. The van der Waals surface area contributed by atoms with Crippen LogP contribution in [0.4, 0.5) is 4.39 Å². The van der Waals surface area contributed by atoms with Crippen LogP contribution < -0.4 is 0 Å². The Morgan fingerprint density at radius 2 is 2.06 bits per heavy atom. The van der Waals surface area contributed by atoms with Crippen LogP contribution in [0.3, 0.4) is 0 Å². The normalized spacial score (nSPS) is 10.2. The Balaban J connectivity index is 2.21. The fourth-order valence-corrected chi connectivity index (χ4v) is 1.88. The van der Waals surface area contributed by atoms with E-state index in [-0.39, 0.29) is 5.56 Å². The van der Waals surface area contributed by atoms with Crippen LogP contribution in [0.1, 0.15) is 10.4 Å². The number of nitrogens with zero attached hydrogens (tertiary/aromatic N) is 2. The number of aromatic carboxylic acids is 1. The van der Waals surface area contributed by atoms with Crippen molar-refractivity contribution in [3.05, 3.63) is 48.0 Å². The molecule has 0 amide bonds. The minimum atomic E-state index is -1.01. The van der Waals surface area contributed by atoms with Crippen LogP contribution in [0.15, 0.2) is 46.7 Å². The first-order valence-electron chi connectivity index (χ1n) is 4.64. The zero-order chi connectivity index (χ0) is 12.3. The monoisotopic (exact) mass is 250 g/mol. The van der Waals surface area contributed by atoms with E-state index in [9.17, 15) is 9.18 Å². The Bertz CT molecular complexity index is 545. The van der Waals surface area contributed by atoms with E-state index in [1.165, 1.54) is 42.2 Å². The smallest absolute Gasteiger partial charge is 0.335 e. The quantitative estimate of drug-likeness (QED) is 0.906. The molecule has 0 spiro atoms. The van der Waals surface area contributed by atoms with E-state index >= 15 is 0 Å². The fourth-order valence-electron chi connectivity index (χ4n) is 1.13. The number of carboxylic acids is 1. The molecule has 6 heteroatoms. The summed E-state index contributed by atoms with van der Waals surface area (Å²) < 4.78 is 12.6. The molecular formula is C11H7FN2O2S. The number of halogens is 1. The molecule has 0 saturated carbocycles. The molecule has 0 aromatic carbocycles. The molecule has 0 unspecified atom stereocenters. The van der Waals surface area contributed by atoms with Gasteiger partial charge in [0.1, 0.15) is 15.9 Å². The zero-order valence-corrected chi connectivity index (χ0v) is 9.32. The van der Waals surface area contributed by atoms with Crippen LogP contribution >= 0.6 is 11.8 Å². The Labute approximate surface area is 101 Å². The standard InChI is InChI=1S/C11H7FN2O2S/c12-8-1-2-9(14-6-8)17-10-5-7(11(15)16)3-4-13-10/h1-6H,(H,15,16).